The van der Waals surface area contributed by atoms with Crippen LogP contribution in [0.3, 0.4) is 0 Å². The highest BCUT2D eigenvalue weighted by Crippen LogP contribution is 2.40. The summed E-state index contributed by atoms with van der Waals surface area (Å²) in [6.07, 6.45) is 0.623. The minimum absolute atomic E-state index is 0.0678. The van der Waals surface area contributed by atoms with Gasteiger partial charge in [0, 0.05) is 5.56 Å². The minimum Gasteiger partial charge on any atom is -0.493 e. The van der Waals surface area contributed by atoms with E-state index in [1.165, 1.54) is 11.8 Å². The van der Waals surface area contributed by atoms with Gasteiger partial charge in [-0.1, -0.05) is 23.9 Å². The maximum atomic E-state index is 12.7. The average Bonchev–Trinajstić information content (AvgIpc) is 3.14. The van der Waals surface area contributed by atoms with Crippen molar-refractivity contribution in [3.05, 3.63) is 47.5 Å². The third-order valence-electron chi connectivity index (χ3n) is 4.09. The Labute approximate surface area is 143 Å². The molecule has 6 heteroatoms. The topological polar surface area (TPSA) is 61.6 Å². The van der Waals surface area contributed by atoms with Crippen molar-refractivity contribution in [1.82, 2.24) is 4.98 Å². The van der Waals surface area contributed by atoms with Crippen LogP contribution in [0.5, 0.6) is 11.5 Å². The smallest absolute Gasteiger partial charge is 0.257 e. The summed E-state index contributed by atoms with van der Waals surface area (Å²) in [7, 11) is 3.15. The second-order valence-corrected chi connectivity index (χ2v) is 6.64. The number of nitrogens with zero attached hydrogens (tertiary/aromatic N) is 1. The van der Waals surface area contributed by atoms with Crippen molar-refractivity contribution in [1.29, 1.82) is 0 Å². The zero-order valence-electron chi connectivity index (χ0n) is 13.2. The zero-order chi connectivity index (χ0) is 16.7. The van der Waals surface area contributed by atoms with Crippen LogP contribution in [-0.4, -0.2) is 30.2 Å². The Bertz CT molecular complexity index is 901. The molecule has 24 heavy (non-hydrogen) atoms. The van der Waals surface area contributed by atoms with E-state index < -0.39 is 0 Å². The predicted octanol–water partition coefficient (Wildman–Crippen LogP) is 3.74. The number of carbonyl (C=O) groups is 1. The number of Topliss-reactive ketones (excluding diaryl/α,β-unsaturated/α-hetero) is 1. The minimum atomic E-state index is -0.245. The van der Waals surface area contributed by atoms with Gasteiger partial charge < -0.3 is 13.9 Å². The molecule has 0 spiro atoms. The molecule has 5 nitrogen and oxygen atoms in total. The molecule has 0 radical (unpaired) electrons. The number of hydrogen-bond donors (Lipinski definition) is 0. The van der Waals surface area contributed by atoms with E-state index in [0.29, 0.717) is 28.7 Å². The molecule has 0 N–H and O–H groups in total. The standard InChI is InChI=1S/C18H15NO4S/c1-21-14-7-10-8-16(17(20)11(10)9-15(14)22-2)24-18-19-12-5-3-4-6-13(12)23-18/h3-7,9,16H,8H2,1-2H3/t16-/m0/s1. The summed E-state index contributed by atoms with van der Waals surface area (Å²) in [5, 5.41) is 0.270. The largest absolute Gasteiger partial charge is 0.493 e. The Hall–Kier alpha value is -2.47. The van der Waals surface area contributed by atoms with Crippen molar-refractivity contribution in [3.8, 4) is 11.5 Å². The lowest BCUT2D eigenvalue weighted by Gasteiger charge is -2.09. The van der Waals surface area contributed by atoms with Gasteiger partial charge in [-0.25, -0.2) is 4.98 Å². The van der Waals surface area contributed by atoms with Crippen LogP contribution in [-0.2, 0) is 6.42 Å². The van der Waals surface area contributed by atoms with Crippen molar-refractivity contribution < 1.29 is 18.7 Å². The maximum Gasteiger partial charge on any atom is 0.257 e. The van der Waals surface area contributed by atoms with Crippen molar-refractivity contribution in [2.75, 3.05) is 14.2 Å². The van der Waals surface area contributed by atoms with Gasteiger partial charge in [-0.2, -0.15) is 0 Å². The lowest BCUT2D eigenvalue weighted by molar-refractivity contribution is 0.0999. The van der Waals surface area contributed by atoms with E-state index in [1.54, 1.807) is 20.3 Å². The highest BCUT2D eigenvalue weighted by molar-refractivity contribution is 8.00. The quantitative estimate of drug-likeness (QED) is 0.720. The second kappa shape index (κ2) is 5.87. The van der Waals surface area contributed by atoms with E-state index in [4.69, 9.17) is 13.9 Å². The highest BCUT2D eigenvalue weighted by Gasteiger charge is 2.34. The molecule has 0 unspecified atom stereocenters. The highest BCUT2D eigenvalue weighted by atomic mass is 32.2. The van der Waals surface area contributed by atoms with Gasteiger partial charge in [0.25, 0.3) is 5.22 Å². The summed E-state index contributed by atoms with van der Waals surface area (Å²) in [4.78, 5) is 17.1. The summed E-state index contributed by atoms with van der Waals surface area (Å²) >= 11 is 1.36. The molecule has 3 aromatic rings. The van der Waals surface area contributed by atoms with E-state index in [0.717, 1.165) is 16.7 Å². The molecule has 4 rings (SSSR count). The molecule has 0 amide bonds. The van der Waals surface area contributed by atoms with Crippen molar-refractivity contribution >= 4 is 28.6 Å². The summed E-state index contributed by atoms with van der Waals surface area (Å²) < 4.78 is 16.3. The molecule has 1 aliphatic rings. The Morgan fingerprint density at radius 1 is 1.17 bits per heavy atom. The first-order valence-electron chi connectivity index (χ1n) is 7.51. The molecule has 0 fully saturated rings. The fraction of sp³-hybridized carbons (Fsp3) is 0.222. The molecule has 1 atom stereocenters. The summed E-state index contributed by atoms with van der Waals surface area (Å²) in [5.41, 5.74) is 3.17. The average molecular weight is 341 g/mol. The molecule has 1 heterocycles. The second-order valence-electron chi connectivity index (χ2n) is 5.49. The van der Waals surface area contributed by atoms with Crippen LogP contribution in [0, 0.1) is 0 Å². The first-order chi connectivity index (χ1) is 11.7. The molecule has 0 saturated carbocycles. The first-order valence-corrected chi connectivity index (χ1v) is 8.39. The van der Waals surface area contributed by atoms with Crippen LogP contribution in [0.25, 0.3) is 11.1 Å². The SMILES string of the molecule is COc1cc2c(cc1OC)C(=O)[C@@H](Sc1nc3ccccc3o1)C2. The summed E-state index contributed by atoms with van der Waals surface area (Å²) in [6, 6.07) is 11.2. The van der Waals surface area contributed by atoms with Gasteiger partial charge in [0.1, 0.15) is 5.52 Å². The number of fused-ring (bicyclic) bond motifs is 2. The van der Waals surface area contributed by atoms with Gasteiger partial charge in [-0.05, 0) is 36.2 Å². The van der Waals surface area contributed by atoms with E-state index in [-0.39, 0.29) is 11.0 Å². The third-order valence-corrected chi connectivity index (χ3v) is 5.13. The number of ether oxygens (including phenoxy) is 2. The molecule has 1 aromatic heterocycles. The van der Waals surface area contributed by atoms with Crippen molar-refractivity contribution in [2.24, 2.45) is 0 Å². The van der Waals surface area contributed by atoms with Crippen LogP contribution in [0.4, 0.5) is 0 Å². The van der Waals surface area contributed by atoms with Crippen LogP contribution in [0.1, 0.15) is 15.9 Å². The lowest BCUT2D eigenvalue weighted by Crippen LogP contribution is -2.11. The maximum absolute atomic E-state index is 12.7. The number of ketones is 1. The molecule has 0 aliphatic heterocycles. The number of hydrogen-bond acceptors (Lipinski definition) is 6. The van der Waals surface area contributed by atoms with Gasteiger partial charge in [-0.15, -0.1) is 0 Å². The normalized spacial score (nSPS) is 16.4. The van der Waals surface area contributed by atoms with Crippen LogP contribution < -0.4 is 9.47 Å². The van der Waals surface area contributed by atoms with Gasteiger partial charge in [0.15, 0.2) is 22.9 Å². The van der Waals surface area contributed by atoms with E-state index in [1.807, 2.05) is 30.3 Å². The molecular weight excluding hydrogens is 326 g/mol. The number of rotatable bonds is 4. The zero-order valence-corrected chi connectivity index (χ0v) is 14.1. The van der Waals surface area contributed by atoms with Crippen LogP contribution in [0.15, 0.2) is 46.0 Å². The lowest BCUT2D eigenvalue weighted by atomic mass is 10.1. The Morgan fingerprint density at radius 3 is 2.67 bits per heavy atom. The van der Waals surface area contributed by atoms with Gasteiger partial charge >= 0.3 is 0 Å². The molecule has 0 saturated heterocycles. The van der Waals surface area contributed by atoms with Gasteiger partial charge in [0.2, 0.25) is 0 Å². The molecular formula is C18H15NO4S. The van der Waals surface area contributed by atoms with E-state index in [9.17, 15) is 4.79 Å². The summed E-state index contributed by atoms with van der Waals surface area (Å²) in [5.74, 6) is 1.27. The predicted molar refractivity (Wildman–Crippen MR) is 91.2 cm³/mol. The Morgan fingerprint density at radius 2 is 1.92 bits per heavy atom. The molecule has 122 valence electrons. The van der Waals surface area contributed by atoms with E-state index >= 15 is 0 Å². The number of oxazole rings is 1. The van der Waals surface area contributed by atoms with Crippen LogP contribution in [0.2, 0.25) is 0 Å². The fourth-order valence-corrected chi connectivity index (χ4v) is 3.93. The number of thioether (sulfide) groups is 1. The number of carbonyl (C=O) groups excluding carboxylic acids is 1. The number of benzene rings is 2. The van der Waals surface area contributed by atoms with Crippen LogP contribution >= 0.6 is 11.8 Å². The first kappa shape index (κ1) is 15.1. The van der Waals surface area contributed by atoms with Crippen molar-refractivity contribution in [3.63, 3.8) is 0 Å². The number of para-hydroxylation sites is 2. The Kier molecular flexibility index (Phi) is 3.69. The monoisotopic (exact) mass is 341 g/mol. The molecule has 1 aliphatic carbocycles. The van der Waals surface area contributed by atoms with Gasteiger partial charge in [0.05, 0.1) is 19.5 Å². The van der Waals surface area contributed by atoms with Crippen molar-refractivity contribution in [2.45, 2.75) is 16.9 Å². The number of methoxy groups -OCH3 is 2. The fourth-order valence-electron chi connectivity index (χ4n) is 2.90. The third kappa shape index (κ3) is 2.43. The molecule has 2 aromatic carbocycles. The Balaban J connectivity index is 1.62. The molecule has 0 bridgehead atoms. The van der Waals surface area contributed by atoms with E-state index in [2.05, 4.69) is 4.98 Å². The summed E-state index contributed by atoms with van der Waals surface area (Å²) in [6.45, 7) is 0. The van der Waals surface area contributed by atoms with Gasteiger partial charge in [-0.3, -0.25) is 4.79 Å². The number of aromatic nitrogens is 1.